The monoisotopic (exact) mass is 498 g/mol. The van der Waals surface area contributed by atoms with Crippen LogP contribution in [0, 0.1) is 0 Å². The molecule has 0 aliphatic heterocycles. The van der Waals surface area contributed by atoms with E-state index in [2.05, 4.69) is 0 Å². The predicted octanol–water partition coefficient (Wildman–Crippen LogP) is 3.92. The highest BCUT2D eigenvalue weighted by atomic mass is 32.2. The Balaban J connectivity index is 1.78. The standard InChI is InChI=1S/C27H30O7S/c1-35(29,30)34-26(21-31-18-22-11-5-2-6-12-22)27(33-20-24-15-9-4-10-16-24)25(17-28)32-19-23-13-7-3-8-14-23/h2-17,25-27H,18-21H2,1H3/t25-,26-,27-/m1/s1. The summed E-state index contributed by atoms with van der Waals surface area (Å²) in [6.07, 6.45) is -1.68. The van der Waals surface area contributed by atoms with Crippen LogP contribution in [0.25, 0.3) is 0 Å². The summed E-state index contributed by atoms with van der Waals surface area (Å²) in [7, 11) is -3.89. The molecule has 0 heterocycles. The molecule has 35 heavy (non-hydrogen) atoms. The molecule has 0 saturated heterocycles. The lowest BCUT2D eigenvalue weighted by molar-refractivity contribution is -0.151. The van der Waals surface area contributed by atoms with Crippen molar-refractivity contribution < 1.29 is 31.6 Å². The van der Waals surface area contributed by atoms with Gasteiger partial charge in [-0.15, -0.1) is 0 Å². The first-order chi connectivity index (χ1) is 16.9. The van der Waals surface area contributed by atoms with Gasteiger partial charge in [0.2, 0.25) is 0 Å². The second-order valence-corrected chi connectivity index (χ2v) is 9.60. The molecule has 3 atom stereocenters. The van der Waals surface area contributed by atoms with Gasteiger partial charge in [0.05, 0.1) is 32.7 Å². The number of benzene rings is 3. The van der Waals surface area contributed by atoms with E-state index in [1.54, 1.807) is 0 Å². The molecule has 3 aromatic carbocycles. The number of hydrogen-bond donors (Lipinski definition) is 0. The highest BCUT2D eigenvalue weighted by Gasteiger charge is 2.35. The first-order valence-electron chi connectivity index (χ1n) is 11.2. The summed E-state index contributed by atoms with van der Waals surface area (Å²) >= 11 is 0. The molecule has 0 fully saturated rings. The van der Waals surface area contributed by atoms with Crippen molar-refractivity contribution in [3.63, 3.8) is 0 Å². The van der Waals surface area contributed by atoms with Gasteiger partial charge >= 0.3 is 0 Å². The van der Waals surface area contributed by atoms with Crippen LogP contribution in [0.2, 0.25) is 0 Å². The maximum atomic E-state index is 12.1. The molecule has 0 saturated carbocycles. The Morgan fingerprint density at radius 1 is 0.714 bits per heavy atom. The van der Waals surface area contributed by atoms with Crippen molar-refractivity contribution in [2.24, 2.45) is 0 Å². The van der Waals surface area contributed by atoms with Crippen molar-refractivity contribution in [1.82, 2.24) is 0 Å². The number of rotatable bonds is 15. The van der Waals surface area contributed by atoms with Crippen LogP contribution in [0.3, 0.4) is 0 Å². The Hall–Kier alpha value is -2.88. The SMILES string of the molecule is CS(=O)(=O)O[C@H](COCc1ccccc1)[C@H](OCc1ccccc1)[C@@H](C=O)OCc1ccccc1. The van der Waals surface area contributed by atoms with Crippen molar-refractivity contribution in [2.45, 2.75) is 38.1 Å². The average Bonchev–Trinajstić information content (AvgIpc) is 2.86. The van der Waals surface area contributed by atoms with Crippen molar-refractivity contribution >= 4 is 16.4 Å². The maximum absolute atomic E-state index is 12.1. The molecule has 0 bridgehead atoms. The summed E-state index contributed by atoms with van der Waals surface area (Å²) in [4.78, 5) is 12.1. The fourth-order valence-electron chi connectivity index (χ4n) is 3.43. The van der Waals surface area contributed by atoms with Gasteiger partial charge in [0.15, 0.2) is 6.29 Å². The molecule has 0 aromatic heterocycles. The highest BCUT2D eigenvalue weighted by Crippen LogP contribution is 2.18. The zero-order chi connectivity index (χ0) is 24.9. The summed E-state index contributed by atoms with van der Waals surface area (Å²) in [5.74, 6) is 0. The molecule has 0 N–H and O–H groups in total. The third-order valence-corrected chi connectivity index (χ3v) is 5.68. The van der Waals surface area contributed by atoms with Crippen molar-refractivity contribution in [3.8, 4) is 0 Å². The molecule has 0 amide bonds. The van der Waals surface area contributed by atoms with Gasteiger partial charge in [0, 0.05) is 0 Å². The lowest BCUT2D eigenvalue weighted by atomic mass is 10.1. The molecule has 8 heteroatoms. The third kappa shape index (κ3) is 9.71. The molecular formula is C27H30O7S. The van der Waals surface area contributed by atoms with E-state index in [0.29, 0.717) is 6.29 Å². The zero-order valence-corrected chi connectivity index (χ0v) is 20.4. The van der Waals surface area contributed by atoms with Crippen LogP contribution in [0.4, 0.5) is 0 Å². The summed E-state index contributed by atoms with van der Waals surface area (Å²) in [5.41, 5.74) is 2.63. The van der Waals surface area contributed by atoms with E-state index >= 15 is 0 Å². The van der Waals surface area contributed by atoms with E-state index in [9.17, 15) is 13.2 Å². The Morgan fingerprint density at radius 2 is 1.17 bits per heavy atom. The Morgan fingerprint density at radius 3 is 1.63 bits per heavy atom. The van der Waals surface area contributed by atoms with E-state index in [1.165, 1.54) is 0 Å². The number of hydrogen-bond acceptors (Lipinski definition) is 7. The fraction of sp³-hybridized carbons (Fsp3) is 0.296. The summed E-state index contributed by atoms with van der Waals surface area (Å²) in [6.45, 7) is 0.395. The van der Waals surface area contributed by atoms with Crippen LogP contribution in [-0.2, 0) is 53.1 Å². The van der Waals surface area contributed by atoms with Gasteiger partial charge in [-0.05, 0) is 16.7 Å². The number of ether oxygens (including phenoxy) is 3. The van der Waals surface area contributed by atoms with Gasteiger partial charge in [-0.2, -0.15) is 8.42 Å². The van der Waals surface area contributed by atoms with Crippen LogP contribution in [0.5, 0.6) is 0 Å². The van der Waals surface area contributed by atoms with E-state index in [4.69, 9.17) is 18.4 Å². The first-order valence-corrected chi connectivity index (χ1v) is 13.0. The number of carbonyl (C=O) groups is 1. The van der Waals surface area contributed by atoms with Crippen LogP contribution in [-0.4, -0.2) is 45.9 Å². The minimum atomic E-state index is -3.89. The largest absolute Gasteiger partial charge is 0.374 e. The lowest BCUT2D eigenvalue weighted by Gasteiger charge is -2.30. The van der Waals surface area contributed by atoms with Crippen molar-refractivity contribution in [2.75, 3.05) is 12.9 Å². The highest BCUT2D eigenvalue weighted by molar-refractivity contribution is 7.86. The van der Waals surface area contributed by atoms with E-state index in [0.717, 1.165) is 22.9 Å². The fourth-order valence-corrected chi connectivity index (χ4v) is 4.04. The molecule has 186 valence electrons. The summed E-state index contributed by atoms with van der Waals surface area (Å²) < 4.78 is 47.2. The molecule has 0 aliphatic carbocycles. The maximum Gasteiger partial charge on any atom is 0.264 e. The molecule has 3 rings (SSSR count). The molecule has 0 unspecified atom stereocenters. The van der Waals surface area contributed by atoms with Gasteiger partial charge in [0.25, 0.3) is 10.1 Å². The summed E-state index contributed by atoms with van der Waals surface area (Å²) in [6, 6.07) is 28.2. The second kappa shape index (κ2) is 13.9. The van der Waals surface area contributed by atoms with Crippen LogP contribution in [0.15, 0.2) is 91.0 Å². The number of carbonyl (C=O) groups excluding carboxylic acids is 1. The minimum Gasteiger partial charge on any atom is -0.374 e. The van der Waals surface area contributed by atoms with E-state index < -0.39 is 28.4 Å². The Bertz CT molecular complexity index is 1110. The van der Waals surface area contributed by atoms with Gasteiger partial charge in [0.1, 0.15) is 18.3 Å². The van der Waals surface area contributed by atoms with E-state index in [1.807, 2.05) is 91.0 Å². The molecule has 0 radical (unpaired) electrons. The quantitative estimate of drug-likeness (QED) is 0.232. The lowest BCUT2D eigenvalue weighted by Crippen LogP contribution is -2.46. The third-order valence-electron chi connectivity index (χ3n) is 5.09. The van der Waals surface area contributed by atoms with Crippen LogP contribution >= 0.6 is 0 Å². The topological polar surface area (TPSA) is 88.1 Å². The van der Waals surface area contributed by atoms with Gasteiger partial charge in [-0.3, -0.25) is 4.18 Å². The molecule has 0 spiro atoms. The number of aldehydes is 1. The Labute approximate surface area is 206 Å². The molecule has 7 nitrogen and oxygen atoms in total. The average molecular weight is 499 g/mol. The smallest absolute Gasteiger partial charge is 0.264 e. The van der Waals surface area contributed by atoms with Crippen molar-refractivity contribution in [1.29, 1.82) is 0 Å². The molecular weight excluding hydrogens is 468 g/mol. The summed E-state index contributed by atoms with van der Waals surface area (Å²) in [5, 5.41) is 0. The first kappa shape index (κ1) is 26.7. The van der Waals surface area contributed by atoms with Gasteiger partial charge in [-0.25, -0.2) is 0 Å². The van der Waals surface area contributed by atoms with Gasteiger partial charge < -0.3 is 19.0 Å². The molecule has 3 aromatic rings. The second-order valence-electron chi connectivity index (χ2n) is 8.00. The van der Waals surface area contributed by atoms with Crippen molar-refractivity contribution in [3.05, 3.63) is 108 Å². The van der Waals surface area contributed by atoms with E-state index in [-0.39, 0.29) is 26.4 Å². The van der Waals surface area contributed by atoms with Gasteiger partial charge in [-0.1, -0.05) is 91.0 Å². The normalized spacial score (nSPS) is 14.2. The Kier molecular flexibility index (Phi) is 10.6. The van der Waals surface area contributed by atoms with Crippen LogP contribution in [0.1, 0.15) is 16.7 Å². The molecule has 0 aliphatic rings. The zero-order valence-electron chi connectivity index (χ0n) is 19.6. The van der Waals surface area contributed by atoms with Crippen LogP contribution < -0.4 is 0 Å². The minimum absolute atomic E-state index is 0.125. The predicted molar refractivity (Wildman–Crippen MR) is 132 cm³/mol.